The van der Waals surface area contributed by atoms with Crippen molar-refractivity contribution in [3.05, 3.63) is 35.4 Å². The highest BCUT2D eigenvalue weighted by Crippen LogP contribution is 2.29. The number of likely N-dealkylation sites (N-methyl/N-ethyl adjacent to an activating group) is 1. The first-order valence-corrected chi connectivity index (χ1v) is 9.97. The Balaban J connectivity index is 0.00000420. The fraction of sp³-hybridized carbons (Fsp3) is 0.650. The Kier molecular flexibility index (Phi) is 11.9. The number of nitrogens with zero attached hydrogens (tertiary/aromatic N) is 3. The van der Waals surface area contributed by atoms with E-state index >= 15 is 0 Å². The van der Waals surface area contributed by atoms with Crippen molar-refractivity contribution in [2.24, 2.45) is 4.99 Å². The van der Waals surface area contributed by atoms with Gasteiger partial charge in [-0.1, -0.05) is 12.1 Å². The number of nitrogens with one attached hydrogen (secondary N) is 2. The molecule has 0 spiro atoms. The van der Waals surface area contributed by atoms with Gasteiger partial charge < -0.3 is 20.4 Å². The number of rotatable bonds is 8. The van der Waals surface area contributed by atoms with Crippen LogP contribution in [0.15, 0.2) is 29.3 Å². The van der Waals surface area contributed by atoms with Gasteiger partial charge in [-0.25, -0.2) is 4.99 Å². The molecule has 166 valence electrons. The Labute approximate surface area is 189 Å². The summed E-state index contributed by atoms with van der Waals surface area (Å²) in [6, 6.07) is 5.32. The molecule has 0 unspecified atom stereocenters. The fourth-order valence-electron chi connectivity index (χ4n) is 3.10. The normalized spacial score (nSPS) is 16.4. The second kappa shape index (κ2) is 13.3. The Hall–Kier alpha value is -1.07. The average Bonchev–Trinajstić information content (AvgIpc) is 2.67. The third-order valence-corrected chi connectivity index (χ3v) is 4.81. The van der Waals surface area contributed by atoms with Crippen molar-refractivity contribution in [1.82, 2.24) is 20.4 Å². The van der Waals surface area contributed by atoms with Crippen LogP contribution in [0.25, 0.3) is 0 Å². The molecule has 1 heterocycles. The molecule has 1 saturated heterocycles. The number of halogens is 4. The van der Waals surface area contributed by atoms with Gasteiger partial charge in [0.2, 0.25) is 0 Å². The van der Waals surface area contributed by atoms with E-state index in [-0.39, 0.29) is 30.5 Å². The first-order valence-electron chi connectivity index (χ1n) is 9.97. The van der Waals surface area contributed by atoms with Crippen LogP contribution in [0, 0.1) is 0 Å². The smallest absolute Gasteiger partial charge is 0.357 e. The maximum atomic E-state index is 12.8. The molecule has 1 fully saturated rings. The Morgan fingerprint density at radius 1 is 1.10 bits per heavy atom. The number of benzene rings is 1. The molecule has 1 aromatic carbocycles. The lowest BCUT2D eigenvalue weighted by atomic mass is 10.1. The van der Waals surface area contributed by atoms with Gasteiger partial charge in [-0.2, -0.15) is 13.2 Å². The molecule has 0 bridgehead atoms. The van der Waals surface area contributed by atoms with Gasteiger partial charge in [0.25, 0.3) is 0 Å². The molecule has 0 saturated carbocycles. The molecule has 0 aliphatic carbocycles. The van der Waals surface area contributed by atoms with Crippen LogP contribution in [0.4, 0.5) is 13.2 Å². The summed E-state index contributed by atoms with van der Waals surface area (Å²) in [5.41, 5.74) is -0.0934. The third-order valence-electron chi connectivity index (χ3n) is 4.81. The van der Waals surface area contributed by atoms with Gasteiger partial charge in [-0.3, -0.25) is 0 Å². The van der Waals surface area contributed by atoms with Crippen molar-refractivity contribution in [3.8, 4) is 0 Å². The molecule has 0 atom stereocenters. The lowest BCUT2D eigenvalue weighted by Crippen LogP contribution is -2.44. The van der Waals surface area contributed by atoms with Gasteiger partial charge in [-0.05, 0) is 51.1 Å². The maximum Gasteiger partial charge on any atom is 0.416 e. The molecule has 1 aromatic rings. The molecular weight excluding hydrogens is 494 g/mol. The molecule has 0 amide bonds. The number of alkyl halides is 3. The van der Waals surface area contributed by atoms with Gasteiger partial charge in [-0.15, -0.1) is 24.0 Å². The first-order chi connectivity index (χ1) is 13.4. The topological polar surface area (TPSA) is 42.9 Å². The van der Waals surface area contributed by atoms with E-state index in [0.29, 0.717) is 18.1 Å². The summed E-state index contributed by atoms with van der Waals surface area (Å²) >= 11 is 0. The van der Waals surface area contributed by atoms with Crippen LogP contribution in [0.3, 0.4) is 0 Å². The van der Waals surface area contributed by atoms with Gasteiger partial charge >= 0.3 is 6.18 Å². The van der Waals surface area contributed by atoms with E-state index in [9.17, 15) is 13.2 Å². The molecule has 1 aliphatic rings. The van der Waals surface area contributed by atoms with Crippen LogP contribution in [0.5, 0.6) is 0 Å². The Morgan fingerprint density at radius 3 is 2.48 bits per heavy atom. The van der Waals surface area contributed by atoms with E-state index in [1.54, 1.807) is 6.07 Å². The van der Waals surface area contributed by atoms with Crippen molar-refractivity contribution in [3.63, 3.8) is 0 Å². The molecule has 0 radical (unpaired) electrons. The van der Waals surface area contributed by atoms with Crippen LogP contribution >= 0.6 is 24.0 Å². The number of aliphatic imine (C=N–C) groups is 1. The monoisotopic (exact) mass is 527 g/mol. The van der Waals surface area contributed by atoms with E-state index in [1.165, 1.54) is 6.07 Å². The minimum Gasteiger partial charge on any atom is -0.357 e. The fourth-order valence-corrected chi connectivity index (χ4v) is 3.10. The number of hydrogen-bond acceptors (Lipinski definition) is 3. The van der Waals surface area contributed by atoms with Crippen LogP contribution in [0.1, 0.15) is 30.9 Å². The highest BCUT2D eigenvalue weighted by atomic mass is 127. The summed E-state index contributed by atoms with van der Waals surface area (Å²) in [7, 11) is 2.15. The first kappa shape index (κ1) is 26.0. The van der Waals surface area contributed by atoms with E-state index in [2.05, 4.69) is 32.5 Å². The van der Waals surface area contributed by atoms with Crippen molar-refractivity contribution in [2.45, 2.75) is 32.5 Å². The number of guanidine groups is 1. The summed E-state index contributed by atoms with van der Waals surface area (Å²) in [5.74, 6) is 0.638. The second-order valence-electron chi connectivity index (χ2n) is 7.17. The predicted molar refractivity (Wildman–Crippen MR) is 123 cm³/mol. The highest BCUT2D eigenvalue weighted by Gasteiger charge is 2.30. The number of piperazine rings is 1. The minimum absolute atomic E-state index is 0. The number of hydrogen-bond donors (Lipinski definition) is 2. The summed E-state index contributed by atoms with van der Waals surface area (Å²) < 4.78 is 38.4. The maximum absolute atomic E-state index is 12.8. The zero-order valence-corrected chi connectivity index (χ0v) is 19.6. The highest BCUT2D eigenvalue weighted by molar-refractivity contribution is 14.0. The lowest BCUT2D eigenvalue weighted by molar-refractivity contribution is -0.137. The van der Waals surface area contributed by atoms with Crippen LogP contribution in [0.2, 0.25) is 0 Å². The lowest BCUT2D eigenvalue weighted by Gasteiger charge is -2.32. The van der Waals surface area contributed by atoms with Crippen LogP contribution in [-0.4, -0.2) is 68.6 Å². The van der Waals surface area contributed by atoms with Gasteiger partial charge in [0.15, 0.2) is 5.96 Å². The molecule has 2 rings (SSSR count). The molecule has 1 aliphatic heterocycles. The Morgan fingerprint density at radius 2 is 1.83 bits per heavy atom. The predicted octanol–water partition coefficient (Wildman–Crippen LogP) is 3.41. The Bertz CT molecular complexity index is 616. The summed E-state index contributed by atoms with van der Waals surface area (Å²) in [4.78, 5) is 9.26. The average molecular weight is 527 g/mol. The summed E-state index contributed by atoms with van der Waals surface area (Å²) in [6.07, 6.45) is -2.18. The van der Waals surface area contributed by atoms with Gasteiger partial charge in [0.1, 0.15) is 0 Å². The van der Waals surface area contributed by atoms with E-state index < -0.39 is 11.7 Å². The quantitative estimate of drug-likeness (QED) is 0.236. The van der Waals surface area contributed by atoms with Gasteiger partial charge in [0, 0.05) is 39.3 Å². The molecule has 2 N–H and O–H groups in total. The van der Waals surface area contributed by atoms with Crippen LogP contribution < -0.4 is 10.6 Å². The van der Waals surface area contributed by atoms with E-state index in [0.717, 1.165) is 64.2 Å². The van der Waals surface area contributed by atoms with Crippen molar-refractivity contribution < 1.29 is 13.2 Å². The zero-order valence-electron chi connectivity index (χ0n) is 17.3. The SMILES string of the molecule is CCNC(=NCc1cccc(C(F)(F)F)c1)NCCCCN1CCN(C)CC1.I. The van der Waals surface area contributed by atoms with Gasteiger partial charge in [0.05, 0.1) is 12.1 Å². The van der Waals surface area contributed by atoms with E-state index in [4.69, 9.17) is 0 Å². The largest absolute Gasteiger partial charge is 0.416 e. The molecular formula is C20H33F3IN5. The van der Waals surface area contributed by atoms with Crippen molar-refractivity contribution in [1.29, 1.82) is 0 Å². The third kappa shape index (κ3) is 9.99. The number of unbranched alkanes of at least 4 members (excludes halogenated alkanes) is 1. The summed E-state index contributed by atoms with van der Waals surface area (Å²) in [5, 5.41) is 6.41. The standard InChI is InChI=1S/C20H32F3N5.HI/c1-3-24-19(25-9-4-5-10-28-13-11-27(2)12-14-28)26-16-17-7-6-8-18(15-17)20(21,22)23;/h6-8,15H,3-5,9-14,16H2,1-2H3,(H2,24,25,26);1H. The van der Waals surface area contributed by atoms with Crippen molar-refractivity contribution in [2.75, 3.05) is 52.9 Å². The summed E-state index contributed by atoms with van der Waals surface area (Å²) in [6.45, 7) is 9.30. The molecule has 9 heteroatoms. The zero-order chi connectivity index (χ0) is 20.4. The molecule has 0 aromatic heterocycles. The molecule has 5 nitrogen and oxygen atoms in total. The van der Waals surface area contributed by atoms with Crippen LogP contribution in [-0.2, 0) is 12.7 Å². The molecule has 29 heavy (non-hydrogen) atoms. The minimum atomic E-state index is -4.33. The van der Waals surface area contributed by atoms with Crippen molar-refractivity contribution >= 4 is 29.9 Å². The van der Waals surface area contributed by atoms with E-state index in [1.807, 2.05) is 6.92 Å². The second-order valence-corrected chi connectivity index (χ2v) is 7.17.